The molecule has 2 rings (SSSR count). The molecule has 0 saturated heterocycles. The first-order chi connectivity index (χ1) is 9.35. The smallest absolute Gasteiger partial charge is 0.390 e. The molecule has 0 saturated carbocycles. The van der Waals surface area contributed by atoms with Gasteiger partial charge in [0.05, 0.1) is 30.4 Å². The summed E-state index contributed by atoms with van der Waals surface area (Å²) >= 11 is 5.68. The fourth-order valence-corrected chi connectivity index (χ4v) is 2.13. The second-order valence-electron chi connectivity index (χ2n) is 4.15. The Hall–Kier alpha value is -1.50. The Bertz CT molecular complexity index is 624. The van der Waals surface area contributed by atoms with Gasteiger partial charge in [-0.2, -0.15) is 13.2 Å². The number of hydrogen-bond acceptors (Lipinski definition) is 2. The first kappa shape index (κ1) is 14.9. The lowest BCUT2D eigenvalue weighted by Crippen LogP contribution is -2.13. The maximum Gasteiger partial charge on any atom is 0.390 e. The molecular formula is C12H11ClF4N2O. The minimum atomic E-state index is -4.29. The molecule has 0 amide bonds. The molecule has 2 aromatic rings. The normalized spacial score (nSPS) is 12.1. The van der Waals surface area contributed by atoms with Gasteiger partial charge < -0.3 is 9.30 Å². The van der Waals surface area contributed by atoms with Crippen LogP contribution in [0.4, 0.5) is 17.6 Å². The van der Waals surface area contributed by atoms with E-state index in [1.165, 1.54) is 17.7 Å². The van der Waals surface area contributed by atoms with E-state index in [-0.39, 0.29) is 29.5 Å². The van der Waals surface area contributed by atoms with Crippen molar-refractivity contribution in [2.75, 3.05) is 7.11 Å². The summed E-state index contributed by atoms with van der Waals surface area (Å²) in [5.74, 6) is -0.469. The predicted octanol–water partition coefficient (Wildman–Crippen LogP) is 3.88. The van der Waals surface area contributed by atoms with E-state index >= 15 is 0 Å². The van der Waals surface area contributed by atoms with E-state index in [4.69, 9.17) is 16.3 Å². The van der Waals surface area contributed by atoms with Crippen molar-refractivity contribution < 1.29 is 22.3 Å². The molecule has 1 aromatic carbocycles. The van der Waals surface area contributed by atoms with Crippen LogP contribution < -0.4 is 4.74 Å². The molecule has 1 aromatic heterocycles. The average Bonchev–Trinajstić information content (AvgIpc) is 2.71. The molecule has 0 fully saturated rings. The number of halogens is 5. The van der Waals surface area contributed by atoms with Crippen LogP contribution in [-0.4, -0.2) is 22.8 Å². The Balaban J connectivity index is 2.49. The van der Waals surface area contributed by atoms with Crippen molar-refractivity contribution in [3.8, 4) is 5.75 Å². The number of aryl methyl sites for hydroxylation is 1. The maximum atomic E-state index is 13.6. The molecule has 8 heteroatoms. The van der Waals surface area contributed by atoms with Gasteiger partial charge in [0.25, 0.3) is 0 Å². The summed E-state index contributed by atoms with van der Waals surface area (Å²) in [6, 6.07) is 2.44. The molecule has 0 atom stereocenters. The fourth-order valence-electron chi connectivity index (χ4n) is 1.92. The van der Waals surface area contributed by atoms with Crippen LogP contribution in [-0.2, 0) is 12.4 Å². The highest BCUT2D eigenvalue weighted by atomic mass is 35.5. The third-order valence-corrected chi connectivity index (χ3v) is 3.08. The highest BCUT2D eigenvalue weighted by Gasteiger charge is 2.27. The van der Waals surface area contributed by atoms with Gasteiger partial charge in [0, 0.05) is 18.7 Å². The summed E-state index contributed by atoms with van der Waals surface area (Å²) in [6.45, 7) is -0.323. The first-order valence-corrected chi connectivity index (χ1v) is 6.24. The lowest BCUT2D eigenvalue weighted by molar-refractivity contribution is -0.136. The highest BCUT2D eigenvalue weighted by Crippen LogP contribution is 2.28. The van der Waals surface area contributed by atoms with Crippen molar-refractivity contribution in [2.45, 2.75) is 25.0 Å². The van der Waals surface area contributed by atoms with Gasteiger partial charge in [0.2, 0.25) is 0 Å². The van der Waals surface area contributed by atoms with E-state index in [0.717, 1.165) is 6.07 Å². The Morgan fingerprint density at radius 3 is 2.60 bits per heavy atom. The molecule has 0 N–H and O–H groups in total. The summed E-state index contributed by atoms with van der Waals surface area (Å²) in [7, 11) is 1.28. The van der Waals surface area contributed by atoms with Crippen molar-refractivity contribution in [1.82, 2.24) is 9.55 Å². The Kier molecular flexibility index (Phi) is 4.08. The van der Waals surface area contributed by atoms with E-state index in [9.17, 15) is 17.6 Å². The molecule has 0 radical (unpaired) electrons. The second kappa shape index (κ2) is 5.47. The van der Waals surface area contributed by atoms with E-state index in [0.29, 0.717) is 5.52 Å². The van der Waals surface area contributed by atoms with Gasteiger partial charge in [-0.1, -0.05) is 0 Å². The largest absolute Gasteiger partial charge is 0.494 e. The zero-order chi connectivity index (χ0) is 14.9. The van der Waals surface area contributed by atoms with E-state index in [1.807, 2.05) is 0 Å². The number of benzene rings is 1. The number of imidazole rings is 1. The zero-order valence-corrected chi connectivity index (χ0v) is 11.2. The second-order valence-corrected chi connectivity index (χ2v) is 4.42. The lowest BCUT2D eigenvalue weighted by atomic mass is 10.2. The third kappa shape index (κ3) is 2.98. The number of hydrogen-bond donors (Lipinski definition) is 0. The van der Waals surface area contributed by atoms with Crippen LogP contribution in [0.25, 0.3) is 11.0 Å². The lowest BCUT2D eigenvalue weighted by Gasteiger charge is -2.10. The molecule has 0 aliphatic carbocycles. The van der Waals surface area contributed by atoms with Crippen LogP contribution >= 0.6 is 11.6 Å². The summed E-state index contributed by atoms with van der Waals surface area (Å²) in [5.41, 5.74) is 0.615. The Morgan fingerprint density at radius 1 is 1.35 bits per heavy atom. The van der Waals surface area contributed by atoms with Gasteiger partial charge >= 0.3 is 6.18 Å². The van der Waals surface area contributed by atoms with Gasteiger partial charge in [-0.05, 0) is 0 Å². The van der Waals surface area contributed by atoms with Crippen molar-refractivity contribution in [3.63, 3.8) is 0 Å². The minimum absolute atomic E-state index is 0.0493. The number of rotatable bonds is 4. The van der Waals surface area contributed by atoms with Crippen molar-refractivity contribution in [1.29, 1.82) is 0 Å². The van der Waals surface area contributed by atoms with Crippen molar-refractivity contribution in [3.05, 3.63) is 23.8 Å². The molecule has 0 unspecified atom stereocenters. The molecule has 0 aliphatic heterocycles. The van der Waals surface area contributed by atoms with E-state index < -0.39 is 18.4 Å². The Labute approximate surface area is 117 Å². The standard InChI is InChI=1S/C12H11ClF4N2O/c1-20-10-5-9-8(4-7(10)14)18-11(6-13)19(9)3-2-12(15,16)17/h4-5H,2-3,6H2,1H3. The monoisotopic (exact) mass is 310 g/mol. The topological polar surface area (TPSA) is 27.1 Å². The molecule has 3 nitrogen and oxygen atoms in total. The number of alkyl halides is 4. The number of ether oxygens (including phenoxy) is 1. The number of methoxy groups -OCH3 is 1. The summed E-state index contributed by atoms with van der Waals surface area (Å²) in [5, 5.41) is 0. The van der Waals surface area contributed by atoms with Gasteiger partial charge in [-0.25, -0.2) is 9.37 Å². The van der Waals surface area contributed by atoms with Crippen LogP contribution in [0.3, 0.4) is 0 Å². The molecule has 0 bridgehead atoms. The van der Waals surface area contributed by atoms with Crippen LogP contribution in [0.15, 0.2) is 12.1 Å². The van der Waals surface area contributed by atoms with E-state index in [2.05, 4.69) is 4.98 Å². The van der Waals surface area contributed by atoms with Crippen LogP contribution in [0.2, 0.25) is 0 Å². The van der Waals surface area contributed by atoms with E-state index in [1.54, 1.807) is 0 Å². The molecule has 110 valence electrons. The fraction of sp³-hybridized carbons (Fsp3) is 0.417. The SMILES string of the molecule is COc1cc2c(cc1F)nc(CCl)n2CCC(F)(F)F. The maximum absolute atomic E-state index is 13.6. The third-order valence-electron chi connectivity index (χ3n) is 2.84. The first-order valence-electron chi connectivity index (χ1n) is 5.71. The summed E-state index contributed by atoms with van der Waals surface area (Å²) < 4.78 is 56.7. The molecule has 1 heterocycles. The average molecular weight is 311 g/mol. The summed E-state index contributed by atoms with van der Waals surface area (Å²) in [4.78, 5) is 4.04. The van der Waals surface area contributed by atoms with Crippen molar-refractivity contribution >= 4 is 22.6 Å². The molecular weight excluding hydrogens is 300 g/mol. The molecule has 0 spiro atoms. The predicted molar refractivity (Wildman–Crippen MR) is 66.5 cm³/mol. The summed E-state index contributed by atoms with van der Waals surface area (Å²) in [6.07, 6.45) is -5.30. The minimum Gasteiger partial charge on any atom is -0.494 e. The molecule has 0 aliphatic rings. The van der Waals surface area contributed by atoms with Gasteiger partial charge in [-0.3, -0.25) is 0 Å². The quantitative estimate of drug-likeness (QED) is 0.633. The zero-order valence-electron chi connectivity index (χ0n) is 10.5. The van der Waals surface area contributed by atoms with Crippen molar-refractivity contribution in [2.24, 2.45) is 0 Å². The van der Waals surface area contributed by atoms with Gasteiger partial charge in [0.15, 0.2) is 11.6 Å². The number of nitrogens with zero attached hydrogens (tertiary/aromatic N) is 2. The Morgan fingerprint density at radius 2 is 2.05 bits per heavy atom. The van der Waals surface area contributed by atoms with Crippen LogP contribution in [0.5, 0.6) is 5.75 Å². The van der Waals surface area contributed by atoms with Gasteiger partial charge in [-0.15, -0.1) is 11.6 Å². The highest BCUT2D eigenvalue weighted by molar-refractivity contribution is 6.16. The number of aromatic nitrogens is 2. The number of fused-ring (bicyclic) bond motifs is 1. The van der Waals surface area contributed by atoms with Crippen LogP contribution in [0.1, 0.15) is 12.2 Å². The van der Waals surface area contributed by atoms with Gasteiger partial charge in [0.1, 0.15) is 5.82 Å². The van der Waals surface area contributed by atoms with Crippen LogP contribution in [0, 0.1) is 5.82 Å². The molecule has 20 heavy (non-hydrogen) atoms.